The standard InChI is InChI=1S/C10H10O3/c1-2-12-10-8-6-4-3-5-7(8)9(11)13-10/h3-6,10H,2H2,1H3/i10D. The Kier molecular flexibility index (Phi) is 1.74. The summed E-state index contributed by atoms with van der Waals surface area (Å²) >= 11 is 0. The number of ether oxygens (including phenoxy) is 2. The van der Waals surface area contributed by atoms with E-state index in [0.29, 0.717) is 17.7 Å². The molecule has 0 aliphatic carbocycles. The summed E-state index contributed by atoms with van der Waals surface area (Å²) in [7, 11) is 0. The Morgan fingerprint density at radius 1 is 1.62 bits per heavy atom. The molecule has 0 aromatic heterocycles. The summed E-state index contributed by atoms with van der Waals surface area (Å²) in [5.41, 5.74) is 0.891. The van der Waals surface area contributed by atoms with Gasteiger partial charge in [-0.15, -0.1) is 0 Å². The minimum absolute atomic E-state index is 0.325. The van der Waals surface area contributed by atoms with Gasteiger partial charge in [-0.3, -0.25) is 0 Å². The van der Waals surface area contributed by atoms with Crippen LogP contribution in [0.2, 0.25) is 0 Å². The third kappa shape index (κ3) is 1.31. The zero-order valence-corrected chi connectivity index (χ0v) is 7.24. The van der Waals surface area contributed by atoms with E-state index < -0.39 is 12.2 Å². The number of benzene rings is 1. The molecule has 1 unspecified atom stereocenters. The molecular weight excluding hydrogens is 168 g/mol. The summed E-state index contributed by atoms with van der Waals surface area (Å²) in [6, 6.07) is 6.79. The van der Waals surface area contributed by atoms with Crippen LogP contribution in [0.15, 0.2) is 24.3 Å². The lowest BCUT2D eigenvalue weighted by atomic mass is 10.1. The minimum Gasteiger partial charge on any atom is -0.428 e. The fraction of sp³-hybridized carbons (Fsp3) is 0.300. The van der Waals surface area contributed by atoms with Gasteiger partial charge in [0.2, 0.25) is 6.27 Å². The number of carbonyl (C=O) groups excluding carboxylic acids is 1. The lowest BCUT2D eigenvalue weighted by molar-refractivity contribution is -0.0993. The Morgan fingerprint density at radius 3 is 3.15 bits per heavy atom. The average Bonchev–Trinajstić information content (AvgIpc) is 2.41. The molecule has 0 radical (unpaired) electrons. The van der Waals surface area contributed by atoms with E-state index in [1.165, 1.54) is 0 Å². The smallest absolute Gasteiger partial charge is 0.341 e. The van der Waals surface area contributed by atoms with Gasteiger partial charge >= 0.3 is 5.97 Å². The van der Waals surface area contributed by atoms with Crippen molar-refractivity contribution in [2.24, 2.45) is 0 Å². The van der Waals surface area contributed by atoms with Crippen molar-refractivity contribution in [2.45, 2.75) is 13.2 Å². The van der Waals surface area contributed by atoms with Gasteiger partial charge < -0.3 is 9.47 Å². The highest BCUT2D eigenvalue weighted by atomic mass is 16.7. The van der Waals surface area contributed by atoms with E-state index in [1.54, 1.807) is 31.2 Å². The van der Waals surface area contributed by atoms with Gasteiger partial charge in [-0.1, -0.05) is 18.2 Å². The normalized spacial score (nSPS) is 26.5. The number of hydrogen-bond donors (Lipinski definition) is 0. The van der Waals surface area contributed by atoms with Crippen molar-refractivity contribution < 1.29 is 15.6 Å². The van der Waals surface area contributed by atoms with Crippen LogP contribution in [-0.2, 0) is 9.47 Å². The molecule has 1 aromatic rings. The van der Waals surface area contributed by atoms with Crippen molar-refractivity contribution in [3.8, 4) is 0 Å². The minimum atomic E-state index is -1.65. The first kappa shape index (κ1) is 7.09. The number of carbonyl (C=O) groups is 1. The maximum Gasteiger partial charge on any atom is 0.341 e. The van der Waals surface area contributed by atoms with Crippen molar-refractivity contribution in [2.75, 3.05) is 6.61 Å². The van der Waals surface area contributed by atoms with Crippen LogP contribution >= 0.6 is 0 Å². The Morgan fingerprint density at radius 2 is 2.38 bits per heavy atom. The predicted molar refractivity (Wildman–Crippen MR) is 46.2 cm³/mol. The monoisotopic (exact) mass is 179 g/mol. The lowest BCUT2D eigenvalue weighted by Gasteiger charge is -2.09. The van der Waals surface area contributed by atoms with Crippen LogP contribution in [-0.4, -0.2) is 12.6 Å². The molecule has 1 atom stereocenters. The van der Waals surface area contributed by atoms with Crippen LogP contribution in [0.3, 0.4) is 0 Å². The van der Waals surface area contributed by atoms with Crippen molar-refractivity contribution in [3.63, 3.8) is 0 Å². The molecular formula is C10H10O3. The first-order chi connectivity index (χ1) is 6.67. The van der Waals surface area contributed by atoms with Crippen LogP contribution in [0, 0.1) is 0 Å². The number of fused-ring (bicyclic) bond motifs is 1. The molecule has 0 saturated carbocycles. The lowest BCUT2D eigenvalue weighted by Crippen LogP contribution is -2.03. The maximum atomic E-state index is 11.3. The molecule has 0 amide bonds. The first-order valence-electron chi connectivity index (χ1n) is 4.64. The Bertz CT molecular complexity index is 377. The molecule has 1 aromatic carbocycles. The second kappa shape index (κ2) is 3.18. The molecule has 0 N–H and O–H groups in total. The molecule has 68 valence electrons. The van der Waals surface area contributed by atoms with Crippen LogP contribution in [0.5, 0.6) is 0 Å². The fourth-order valence-electron chi connectivity index (χ4n) is 1.27. The largest absolute Gasteiger partial charge is 0.428 e. The summed E-state index contributed by atoms with van der Waals surface area (Å²) in [5.74, 6) is -0.496. The van der Waals surface area contributed by atoms with Crippen LogP contribution in [0.1, 0.15) is 30.5 Å². The van der Waals surface area contributed by atoms with Crippen LogP contribution in [0.25, 0.3) is 0 Å². The van der Waals surface area contributed by atoms with E-state index in [1.807, 2.05) is 0 Å². The third-order valence-electron chi connectivity index (χ3n) is 1.83. The summed E-state index contributed by atoms with van der Waals surface area (Å²) in [4.78, 5) is 11.3. The van der Waals surface area contributed by atoms with E-state index >= 15 is 0 Å². The van der Waals surface area contributed by atoms with E-state index in [0.717, 1.165) is 0 Å². The molecule has 0 saturated heterocycles. The summed E-state index contributed by atoms with van der Waals surface area (Å²) in [5, 5.41) is 0. The number of rotatable bonds is 2. The summed E-state index contributed by atoms with van der Waals surface area (Å²) in [6.45, 7) is 2.08. The second-order valence-corrected chi connectivity index (χ2v) is 2.66. The number of cyclic esters (lactones) is 1. The predicted octanol–water partition coefficient (Wildman–Crippen LogP) is 1.89. The van der Waals surface area contributed by atoms with Gasteiger partial charge in [0.05, 0.1) is 5.56 Å². The number of esters is 1. The molecule has 1 heterocycles. The SMILES string of the molecule is [2H]C1(OCC)OC(=O)c2ccccc21. The average molecular weight is 179 g/mol. The molecule has 13 heavy (non-hydrogen) atoms. The van der Waals surface area contributed by atoms with E-state index in [-0.39, 0.29) is 0 Å². The van der Waals surface area contributed by atoms with Crippen molar-refractivity contribution in [1.29, 1.82) is 0 Å². The van der Waals surface area contributed by atoms with Gasteiger partial charge in [-0.05, 0) is 13.0 Å². The zero-order chi connectivity index (χ0) is 10.2. The van der Waals surface area contributed by atoms with E-state index in [9.17, 15) is 4.79 Å². The highest BCUT2D eigenvalue weighted by Gasteiger charge is 2.30. The Labute approximate surface area is 77.7 Å². The molecule has 3 heteroatoms. The topological polar surface area (TPSA) is 35.5 Å². The highest BCUT2D eigenvalue weighted by Crippen LogP contribution is 2.30. The second-order valence-electron chi connectivity index (χ2n) is 2.66. The van der Waals surface area contributed by atoms with Gasteiger partial charge in [-0.2, -0.15) is 0 Å². The van der Waals surface area contributed by atoms with Gasteiger partial charge in [0.1, 0.15) is 1.37 Å². The van der Waals surface area contributed by atoms with Gasteiger partial charge in [0.15, 0.2) is 0 Å². The van der Waals surface area contributed by atoms with Crippen LogP contribution < -0.4 is 0 Å². The zero-order valence-electron chi connectivity index (χ0n) is 8.24. The Hall–Kier alpha value is -1.35. The van der Waals surface area contributed by atoms with Crippen molar-refractivity contribution >= 4 is 5.97 Å². The molecule has 3 nitrogen and oxygen atoms in total. The molecule has 0 bridgehead atoms. The number of hydrogen-bond acceptors (Lipinski definition) is 3. The summed E-state index contributed by atoms with van der Waals surface area (Å²) in [6.07, 6.45) is -1.65. The molecule has 1 aliphatic rings. The third-order valence-corrected chi connectivity index (χ3v) is 1.83. The highest BCUT2D eigenvalue weighted by molar-refractivity contribution is 5.93. The molecule has 1 aliphatic heterocycles. The van der Waals surface area contributed by atoms with Gasteiger partial charge in [0, 0.05) is 12.2 Å². The fourth-order valence-corrected chi connectivity index (χ4v) is 1.27. The maximum absolute atomic E-state index is 11.3. The van der Waals surface area contributed by atoms with Crippen LogP contribution in [0.4, 0.5) is 0 Å². The van der Waals surface area contributed by atoms with Gasteiger partial charge in [-0.25, -0.2) is 4.79 Å². The van der Waals surface area contributed by atoms with E-state index in [4.69, 9.17) is 10.8 Å². The first-order valence-corrected chi connectivity index (χ1v) is 4.14. The Balaban J connectivity index is 2.48. The molecule has 0 fully saturated rings. The summed E-state index contributed by atoms with van der Waals surface area (Å²) < 4.78 is 17.8. The van der Waals surface area contributed by atoms with Crippen molar-refractivity contribution in [3.05, 3.63) is 35.4 Å². The van der Waals surface area contributed by atoms with E-state index in [2.05, 4.69) is 0 Å². The molecule has 0 spiro atoms. The van der Waals surface area contributed by atoms with Gasteiger partial charge in [0.25, 0.3) is 0 Å². The van der Waals surface area contributed by atoms with Crippen molar-refractivity contribution in [1.82, 2.24) is 0 Å². The molecule has 2 rings (SSSR count). The quantitative estimate of drug-likeness (QED) is 0.650.